The molecule has 0 aromatic heterocycles. The largest absolute Gasteiger partial charge is 0.493 e. The highest BCUT2D eigenvalue weighted by Gasteiger charge is 2.41. The van der Waals surface area contributed by atoms with Crippen LogP contribution >= 0.6 is 0 Å². The minimum absolute atomic E-state index is 0.209. The second-order valence-corrected chi connectivity index (χ2v) is 19.5. The fraction of sp³-hybridized carbons (Fsp3) is 0.750. The summed E-state index contributed by atoms with van der Waals surface area (Å²) in [7, 11) is 2.00. The first-order valence-electron chi connectivity index (χ1n) is 15.3. The van der Waals surface area contributed by atoms with E-state index in [-0.39, 0.29) is 24.1 Å². The molecule has 3 atom stereocenters. The smallest absolute Gasteiger partial charge is 0.410 e. The van der Waals surface area contributed by atoms with Gasteiger partial charge in [-0.2, -0.15) is 0 Å². The minimum Gasteiger partial charge on any atom is -0.493 e. The molecule has 1 aliphatic heterocycles. The first-order chi connectivity index (χ1) is 19.6. The Bertz CT molecular complexity index is 990. The van der Waals surface area contributed by atoms with Gasteiger partial charge in [0.25, 0.3) is 0 Å². The van der Waals surface area contributed by atoms with Crippen LogP contribution in [0.1, 0.15) is 59.4 Å². The Morgan fingerprint density at radius 3 is 2.38 bits per heavy atom. The summed E-state index contributed by atoms with van der Waals surface area (Å²) in [5.41, 5.74) is 0.525. The molecule has 1 heterocycles. The average molecular weight is 609 g/mol. The van der Waals surface area contributed by atoms with Crippen molar-refractivity contribution >= 4 is 20.3 Å². The summed E-state index contributed by atoms with van der Waals surface area (Å²) in [6.07, 6.45) is 2.19. The molecule has 10 heteroatoms. The van der Waals surface area contributed by atoms with Gasteiger partial charge in [0, 0.05) is 34.8 Å². The Morgan fingerprint density at radius 1 is 1.07 bits per heavy atom. The van der Waals surface area contributed by atoms with Gasteiger partial charge in [-0.05, 0) is 75.6 Å². The second kappa shape index (κ2) is 16.4. The molecule has 1 aromatic rings. The number of rotatable bonds is 15. The van der Waals surface area contributed by atoms with Gasteiger partial charge >= 0.3 is 12.2 Å². The SMILES string of the molecule is COCCCOc1cc(C[C@H](CC2C(NC(=O)OCC[Si](C)(C)C)CCN2C(=O)OC(C)(C)C)C(C)C)ccc1OC. The summed E-state index contributed by atoms with van der Waals surface area (Å²) < 4.78 is 28.0. The molecule has 1 fully saturated rings. The topological polar surface area (TPSA) is 95.6 Å². The van der Waals surface area contributed by atoms with Crippen molar-refractivity contribution in [1.29, 1.82) is 0 Å². The number of hydrogen-bond acceptors (Lipinski definition) is 7. The average Bonchev–Trinajstić information content (AvgIpc) is 3.26. The van der Waals surface area contributed by atoms with Crippen molar-refractivity contribution in [2.75, 3.05) is 40.6 Å². The lowest BCUT2D eigenvalue weighted by Crippen LogP contribution is -2.49. The molecule has 0 saturated carbocycles. The Morgan fingerprint density at radius 2 is 1.79 bits per heavy atom. The number of methoxy groups -OCH3 is 2. The molecule has 1 aliphatic rings. The zero-order chi connectivity index (χ0) is 31.5. The molecular weight excluding hydrogens is 552 g/mol. The fourth-order valence-corrected chi connectivity index (χ4v) is 5.77. The van der Waals surface area contributed by atoms with Gasteiger partial charge in [0.1, 0.15) is 5.60 Å². The summed E-state index contributed by atoms with van der Waals surface area (Å²) >= 11 is 0. The second-order valence-electron chi connectivity index (χ2n) is 13.9. The van der Waals surface area contributed by atoms with Crippen LogP contribution < -0.4 is 14.8 Å². The van der Waals surface area contributed by atoms with E-state index in [0.29, 0.717) is 56.6 Å². The zero-order valence-electron chi connectivity index (χ0n) is 27.7. The molecule has 9 nitrogen and oxygen atoms in total. The van der Waals surface area contributed by atoms with E-state index in [1.54, 1.807) is 19.1 Å². The van der Waals surface area contributed by atoms with Crippen LogP contribution in [-0.4, -0.2) is 83.4 Å². The Balaban J connectivity index is 2.23. The molecule has 1 N–H and O–H groups in total. The minimum atomic E-state index is -1.32. The molecular formula is C32H56N2O7Si. The predicted octanol–water partition coefficient (Wildman–Crippen LogP) is 6.76. The third kappa shape index (κ3) is 12.4. The summed E-state index contributed by atoms with van der Waals surface area (Å²) in [5, 5.41) is 3.09. The Kier molecular flexibility index (Phi) is 14.0. The van der Waals surface area contributed by atoms with E-state index in [1.807, 2.05) is 32.9 Å². The number of alkyl carbamates (subject to hydrolysis) is 1. The third-order valence-electron chi connectivity index (χ3n) is 7.53. The van der Waals surface area contributed by atoms with Crippen molar-refractivity contribution in [3.8, 4) is 11.5 Å². The number of carbonyl (C=O) groups excluding carboxylic acids is 2. The van der Waals surface area contributed by atoms with Gasteiger partial charge in [-0.1, -0.05) is 39.6 Å². The van der Waals surface area contributed by atoms with Crippen molar-refractivity contribution in [3.63, 3.8) is 0 Å². The van der Waals surface area contributed by atoms with Gasteiger partial charge in [-0.15, -0.1) is 0 Å². The molecule has 42 heavy (non-hydrogen) atoms. The van der Waals surface area contributed by atoms with E-state index in [1.165, 1.54) is 0 Å². The van der Waals surface area contributed by atoms with Crippen LogP contribution in [0.3, 0.4) is 0 Å². The normalized spacial score (nSPS) is 18.1. The number of carbonyl (C=O) groups is 2. The first kappa shape index (κ1) is 35.7. The lowest BCUT2D eigenvalue weighted by atomic mass is 9.82. The highest BCUT2D eigenvalue weighted by molar-refractivity contribution is 6.76. The van der Waals surface area contributed by atoms with Gasteiger partial charge in [-0.25, -0.2) is 9.59 Å². The van der Waals surface area contributed by atoms with Crippen molar-refractivity contribution in [2.45, 2.75) is 104 Å². The van der Waals surface area contributed by atoms with E-state index >= 15 is 0 Å². The number of amides is 2. The summed E-state index contributed by atoms with van der Waals surface area (Å²) in [6, 6.07) is 6.55. The summed E-state index contributed by atoms with van der Waals surface area (Å²) in [4.78, 5) is 27.9. The predicted molar refractivity (Wildman–Crippen MR) is 169 cm³/mol. The van der Waals surface area contributed by atoms with Gasteiger partial charge in [-0.3, -0.25) is 0 Å². The highest BCUT2D eigenvalue weighted by Crippen LogP contribution is 2.34. The highest BCUT2D eigenvalue weighted by atomic mass is 28.3. The quantitative estimate of drug-likeness (QED) is 0.174. The van der Waals surface area contributed by atoms with E-state index < -0.39 is 19.8 Å². The summed E-state index contributed by atoms with van der Waals surface area (Å²) in [5.74, 6) is 1.98. The van der Waals surface area contributed by atoms with Crippen LogP contribution in [0.4, 0.5) is 9.59 Å². The van der Waals surface area contributed by atoms with Gasteiger partial charge < -0.3 is 33.9 Å². The number of ether oxygens (including phenoxy) is 5. The number of nitrogens with zero attached hydrogens (tertiary/aromatic N) is 1. The molecule has 0 radical (unpaired) electrons. The van der Waals surface area contributed by atoms with Gasteiger partial charge in [0.05, 0.1) is 32.4 Å². The molecule has 0 spiro atoms. The van der Waals surface area contributed by atoms with Crippen molar-refractivity contribution in [2.24, 2.45) is 11.8 Å². The van der Waals surface area contributed by atoms with Crippen LogP contribution in [0, 0.1) is 11.8 Å². The van der Waals surface area contributed by atoms with Crippen LogP contribution in [0.2, 0.25) is 25.7 Å². The molecule has 1 saturated heterocycles. The van der Waals surface area contributed by atoms with Crippen molar-refractivity contribution in [3.05, 3.63) is 23.8 Å². The molecule has 2 rings (SSSR count). The molecule has 2 amide bonds. The number of likely N-dealkylation sites (tertiary alicyclic amines) is 1. The lowest BCUT2D eigenvalue weighted by Gasteiger charge is -2.34. The first-order valence-corrected chi connectivity index (χ1v) is 19.1. The van der Waals surface area contributed by atoms with Crippen LogP contribution in [-0.2, 0) is 20.6 Å². The van der Waals surface area contributed by atoms with Crippen molar-refractivity contribution in [1.82, 2.24) is 10.2 Å². The van der Waals surface area contributed by atoms with Gasteiger partial charge in [0.2, 0.25) is 0 Å². The van der Waals surface area contributed by atoms with Gasteiger partial charge in [0.15, 0.2) is 11.5 Å². The Labute approximate surface area is 254 Å². The van der Waals surface area contributed by atoms with Crippen LogP contribution in [0.5, 0.6) is 11.5 Å². The molecule has 1 aromatic carbocycles. The Hall–Kier alpha value is -2.46. The zero-order valence-corrected chi connectivity index (χ0v) is 28.7. The molecule has 0 bridgehead atoms. The molecule has 240 valence electrons. The van der Waals surface area contributed by atoms with E-state index in [2.05, 4.69) is 44.9 Å². The van der Waals surface area contributed by atoms with Crippen LogP contribution in [0.15, 0.2) is 18.2 Å². The fourth-order valence-electron chi connectivity index (χ4n) is 5.05. The van der Waals surface area contributed by atoms with E-state index in [4.69, 9.17) is 23.7 Å². The maximum Gasteiger partial charge on any atom is 0.410 e. The molecule has 0 aliphatic carbocycles. The number of hydrogen-bond donors (Lipinski definition) is 1. The molecule has 2 unspecified atom stereocenters. The van der Waals surface area contributed by atoms with E-state index in [0.717, 1.165) is 24.4 Å². The number of nitrogens with one attached hydrogen (secondary N) is 1. The van der Waals surface area contributed by atoms with E-state index in [9.17, 15) is 9.59 Å². The standard InChI is InChI=1S/C32H56N2O7Si/c1-23(2)25(20-24-12-13-28(38-7)29(21-24)39-17-11-16-37-6)22-27-26(33-30(35)40-18-19-42(8,9)10)14-15-34(27)31(36)41-32(3,4)5/h12-13,21,23,25-27H,11,14-20,22H2,1-10H3,(H,33,35)/t25-,26?,27?/m1/s1. The third-order valence-corrected chi connectivity index (χ3v) is 9.23. The lowest BCUT2D eigenvalue weighted by molar-refractivity contribution is 0.0186. The van der Waals surface area contributed by atoms with Crippen LogP contribution in [0.25, 0.3) is 0 Å². The number of benzene rings is 1. The summed E-state index contributed by atoms with van der Waals surface area (Å²) in [6.45, 7) is 18.9. The van der Waals surface area contributed by atoms with Crippen molar-refractivity contribution < 1.29 is 33.3 Å². The maximum atomic E-state index is 13.3. The maximum absolute atomic E-state index is 13.3. The monoisotopic (exact) mass is 608 g/mol.